The number of nitrogens with two attached hydrogens (primary N) is 1. The molecule has 0 aliphatic rings. The lowest BCUT2D eigenvalue weighted by atomic mass is 10.4. The van der Waals surface area contributed by atoms with E-state index in [-0.39, 0.29) is 6.54 Å². The maximum absolute atomic E-state index is 10.6. The molecule has 5 heteroatoms. The van der Waals surface area contributed by atoms with E-state index >= 15 is 0 Å². The Balaban J connectivity index is 3.97. The number of hydrogen-bond acceptors (Lipinski definition) is 5. The molecule has 0 bridgehead atoms. The van der Waals surface area contributed by atoms with Crippen molar-refractivity contribution in [3.8, 4) is 0 Å². The number of esters is 1. The van der Waals surface area contributed by atoms with Gasteiger partial charge in [0.1, 0.15) is 0 Å². The molecule has 0 radical (unpaired) electrons. The van der Waals surface area contributed by atoms with Crippen molar-refractivity contribution in [3.05, 3.63) is 0 Å². The maximum Gasteiger partial charge on any atom is 0.333 e. The van der Waals surface area contributed by atoms with Gasteiger partial charge in [0.05, 0.1) is 7.11 Å². The van der Waals surface area contributed by atoms with Crippen LogP contribution in [0.25, 0.3) is 0 Å². The van der Waals surface area contributed by atoms with Crippen molar-refractivity contribution < 1.29 is 9.53 Å². The second kappa shape index (κ2) is 3.34. The van der Waals surface area contributed by atoms with Crippen LogP contribution in [0.4, 0.5) is 0 Å². The summed E-state index contributed by atoms with van der Waals surface area (Å²) < 4.78 is 3.19. The molecule has 0 aliphatic carbocycles. The van der Waals surface area contributed by atoms with Crippen molar-refractivity contribution in [3.63, 3.8) is 0 Å². The molecule has 0 aliphatic heterocycles. The molecule has 0 atom stereocenters. The third kappa shape index (κ3) is 2.47. The van der Waals surface area contributed by atoms with Crippen LogP contribution in [0, 0.1) is 0 Å². The normalized spacial score (nSPS) is 11.1. The Morgan fingerprint density at radius 1 is 1.78 bits per heavy atom. The number of methoxy groups -OCH3 is 1. The van der Waals surface area contributed by atoms with Crippen LogP contribution < -0.4 is 5.73 Å². The molecule has 0 amide bonds. The minimum atomic E-state index is -1.14. The molecule has 0 fully saturated rings. The molecule has 0 aromatic rings. The lowest BCUT2D eigenvalue weighted by Gasteiger charge is -2.15. The summed E-state index contributed by atoms with van der Waals surface area (Å²) in [5.41, 5.74) is 5.13. The molecule has 3 nitrogen and oxygen atoms in total. The Bertz CT molecular complexity index is 115. The van der Waals surface area contributed by atoms with Gasteiger partial charge in [-0.2, -0.15) is 0 Å². The first-order chi connectivity index (χ1) is 4.04. The zero-order valence-corrected chi connectivity index (χ0v) is 6.78. The maximum atomic E-state index is 10.6. The van der Waals surface area contributed by atoms with E-state index in [1.807, 2.05) is 0 Å². The Kier molecular flexibility index (Phi) is 3.38. The zero-order chi connectivity index (χ0) is 7.49. The van der Waals surface area contributed by atoms with E-state index in [0.29, 0.717) is 0 Å². The van der Waals surface area contributed by atoms with E-state index in [9.17, 15) is 4.79 Å². The molecule has 0 aromatic carbocycles. The van der Waals surface area contributed by atoms with Gasteiger partial charge in [-0.1, -0.05) is 0 Å². The van der Waals surface area contributed by atoms with Crippen LogP contribution in [0.1, 0.15) is 0 Å². The molecular weight excluding hydrogens is 158 g/mol. The Labute approximate surface area is 64.8 Å². The molecular formula is C4H9NO2S2. The van der Waals surface area contributed by atoms with Crippen molar-refractivity contribution in [1.82, 2.24) is 0 Å². The summed E-state index contributed by atoms with van der Waals surface area (Å²) in [6, 6.07) is 0. The largest absolute Gasteiger partial charge is 0.467 e. The van der Waals surface area contributed by atoms with Crippen molar-refractivity contribution in [2.45, 2.75) is 4.08 Å². The quantitative estimate of drug-likeness (QED) is 0.300. The number of carbonyl (C=O) groups is 1. The van der Waals surface area contributed by atoms with Gasteiger partial charge in [0, 0.05) is 6.54 Å². The topological polar surface area (TPSA) is 52.3 Å². The van der Waals surface area contributed by atoms with Crippen molar-refractivity contribution in [1.29, 1.82) is 0 Å². The average Bonchev–Trinajstić information content (AvgIpc) is 1.86. The Hall–Kier alpha value is 0.130. The lowest BCUT2D eigenvalue weighted by molar-refractivity contribution is -0.140. The molecule has 2 N–H and O–H groups in total. The second-order valence-electron chi connectivity index (χ2n) is 1.51. The van der Waals surface area contributed by atoms with Gasteiger partial charge in [-0.25, -0.2) is 4.79 Å². The summed E-state index contributed by atoms with van der Waals surface area (Å²) >= 11 is 7.65. The van der Waals surface area contributed by atoms with E-state index in [0.717, 1.165) is 0 Å². The zero-order valence-electron chi connectivity index (χ0n) is 5.00. The molecule has 54 valence electrons. The number of carbonyl (C=O) groups excluding carboxylic acids is 1. The van der Waals surface area contributed by atoms with Crippen LogP contribution in [0.3, 0.4) is 0 Å². The van der Waals surface area contributed by atoms with Gasteiger partial charge in [0.25, 0.3) is 0 Å². The van der Waals surface area contributed by atoms with Gasteiger partial charge in [0.15, 0.2) is 4.08 Å². The second-order valence-corrected chi connectivity index (χ2v) is 3.39. The SMILES string of the molecule is COC(=O)C(S)(S)CN. The molecule has 0 rings (SSSR count). The van der Waals surface area contributed by atoms with E-state index in [2.05, 4.69) is 30.0 Å². The van der Waals surface area contributed by atoms with Gasteiger partial charge >= 0.3 is 5.97 Å². The highest BCUT2D eigenvalue weighted by Gasteiger charge is 2.29. The highest BCUT2D eigenvalue weighted by Crippen LogP contribution is 2.18. The summed E-state index contributed by atoms with van der Waals surface area (Å²) in [5, 5.41) is 0. The summed E-state index contributed by atoms with van der Waals surface area (Å²) in [4.78, 5) is 10.6. The fourth-order valence-electron chi connectivity index (χ4n) is 0.247. The average molecular weight is 167 g/mol. The van der Waals surface area contributed by atoms with Crippen LogP contribution in [0.15, 0.2) is 0 Å². The van der Waals surface area contributed by atoms with Gasteiger partial charge in [0.2, 0.25) is 0 Å². The van der Waals surface area contributed by atoms with Crippen LogP contribution in [0.5, 0.6) is 0 Å². The highest BCUT2D eigenvalue weighted by atomic mass is 32.2. The first-order valence-corrected chi connectivity index (χ1v) is 3.17. The van der Waals surface area contributed by atoms with E-state index < -0.39 is 10.0 Å². The first kappa shape index (κ1) is 9.13. The van der Waals surface area contributed by atoms with Gasteiger partial charge < -0.3 is 10.5 Å². The number of ether oxygens (including phenoxy) is 1. The summed E-state index contributed by atoms with van der Waals surface area (Å²) in [6.45, 7) is 0.0475. The molecule has 0 heterocycles. The van der Waals surface area contributed by atoms with E-state index in [1.54, 1.807) is 0 Å². The highest BCUT2D eigenvalue weighted by molar-refractivity contribution is 8.02. The number of thiol groups is 2. The first-order valence-electron chi connectivity index (χ1n) is 2.28. The predicted molar refractivity (Wildman–Crippen MR) is 41.8 cm³/mol. The van der Waals surface area contributed by atoms with Crippen molar-refractivity contribution in [2.75, 3.05) is 13.7 Å². The standard InChI is InChI=1S/C4H9NO2S2/c1-7-3(6)4(8,9)2-5/h8-9H,2,5H2,1H3. The van der Waals surface area contributed by atoms with Crippen LogP contribution >= 0.6 is 25.3 Å². The van der Waals surface area contributed by atoms with Crippen LogP contribution in [0.2, 0.25) is 0 Å². The lowest BCUT2D eigenvalue weighted by Crippen LogP contribution is -2.35. The Morgan fingerprint density at radius 2 is 2.22 bits per heavy atom. The van der Waals surface area contributed by atoms with Crippen molar-refractivity contribution >= 4 is 31.2 Å². The van der Waals surface area contributed by atoms with Crippen LogP contribution in [-0.2, 0) is 9.53 Å². The Morgan fingerprint density at radius 3 is 2.33 bits per heavy atom. The third-order valence-corrected chi connectivity index (χ3v) is 1.53. The van der Waals surface area contributed by atoms with Crippen LogP contribution in [-0.4, -0.2) is 23.7 Å². The van der Waals surface area contributed by atoms with Gasteiger partial charge in [-0.15, -0.1) is 25.3 Å². The molecule has 0 saturated carbocycles. The number of hydrogen-bond donors (Lipinski definition) is 3. The van der Waals surface area contributed by atoms with Crippen molar-refractivity contribution in [2.24, 2.45) is 5.73 Å². The molecule has 9 heavy (non-hydrogen) atoms. The molecule has 0 spiro atoms. The fourth-order valence-corrected chi connectivity index (χ4v) is 0.429. The van der Waals surface area contributed by atoms with E-state index in [4.69, 9.17) is 5.73 Å². The molecule has 0 saturated heterocycles. The minimum absolute atomic E-state index is 0.0475. The number of rotatable bonds is 2. The van der Waals surface area contributed by atoms with Gasteiger partial charge in [-0.3, -0.25) is 0 Å². The predicted octanol–water partition coefficient (Wildman–Crippen LogP) is -0.326. The smallest absolute Gasteiger partial charge is 0.333 e. The summed E-state index contributed by atoms with van der Waals surface area (Å²) in [6.07, 6.45) is 0. The third-order valence-electron chi connectivity index (χ3n) is 0.797. The molecule has 0 aromatic heterocycles. The summed E-state index contributed by atoms with van der Waals surface area (Å²) in [7, 11) is 1.26. The minimum Gasteiger partial charge on any atom is -0.467 e. The molecule has 0 unspecified atom stereocenters. The monoisotopic (exact) mass is 167 g/mol. The van der Waals surface area contributed by atoms with Gasteiger partial charge in [-0.05, 0) is 0 Å². The van der Waals surface area contributed by atoms with E-state index in [1.165, 1.54) is 7.11 Å². The summed E-state index contributed by atoms with van der Waals surface area (Å²) in [5.74, 6) is -0.531. The fraction of sp³-hybridized carbons (Fsp3) is 0.750.